The molecule has 0 aliphatic carbocycles. The van der Waals surface area contributed by atoms with Crippen molar-refractivity contribution in [1.29, 1.82) is 0 Å². The Bertz CT molecular complexity index is 1050. The summed E-state index contributed by atoms with van der Waals surface area (Å²) in [5, 5.41) is 11.9. The molecule has 7 heteroatoms. The van der Waals surface area contributed by atoms with E-state index in [2.05, 4.69) is 36.5 Å². The largest absolute Gasteiger partial charge is 0.466 e. The number of pyridine rings is 1. The number of amides is 1. The highest BCUT2D eigenvalue weighted by atomic mass is 16.3. The molecule has 0 bridgehead atoms. The molecule has 0 radical (unpaired) electrons. The van der Waals surface area contributed by atoms with Crippen LogP contribution in [0.25, 0.3) is 22.3 Å². The zero-order valence-corrected chi connectivity index (χ0v) is 17.7. The van der Waals surface area contributed by atoms with E-state index in [1.807, 2.05) is 30.7 Å². The van der Waals surface area contributed by atoms with Crippen molar-refractivity contribution in [2.45, 2.75) is 65.6 Å². The minimum absolute atomic E-state index is 0.0830. The lowest BCUT2D eigenvalue weighted by atomic mass is 9.99. The molecule has 154 valence electrons. The van der Waals surface area contributed by atoms with Crippen molar-refractivity contribution in [3.63, 3.8) is 0 Å². The van der Waals surface area contributed by atoms with E-state index in [0.717, 1.165) is 53.2 Å². The Morgan fingerprint density at radius 1 is 1.34 bits per heavy atom. The van der Waals surface area contributed by atoms with Gasteiger partial charge in [0.2, 0.25) is 0 Å². The topological polar surface area (TPSA) is 85.0 Å². The number of nitrogens with one attached hydrogen (secondary N) is 2. The van der Waals surface area contributed by atoms with E-state index < -0.39 is 0 Å². The molecule has 29 heavy (non-hydrogen) atoms. The van der Waals surface area contributed by atoms with Crippen LogP contribution in [0.4, 0.5) is 0 Å². The maximum absolute atomic E-state index is 13.3. The number of hydrogen-bond acceptors (Lipinski definition) is 5. The molecule has 2 atom stereocenters. The Hall–Kier alpha value is -2.67. The van der Waals surface area contributed by atoms with Gasteiger partial charge in [0.1, 0.15) is 11.5 Å². The second kappa shape index (κ2) is 7.63. The van der Waals surface area contributed by atoms with Crippen molar-refractivity contribution in [3.05, 3.63) is 35.4 Å². The molecule has 1 fully saturated rings. The Labute approximate surface area is 170 Å². The van der Waals surface area contributed by atoms with Gasteiger partial charge in [-0.1, -0.05) is 0 Å². The number of furan rings is 1. The van der Waals surface area contributed by atoms with Crippen LogP contribution >= 0.6 is 0 Å². The Morgan fingerprint density at radius 2 is 2.14 bits per heavy atom. The van der Waals surface area contributed by atoms with E-state index in [9.17, 15) is 4.79 Å². The first-order valence-corrected chi connectivity index (χ1v) is 10.3. The van der Waals surface area contributed by atoms with Gasteiger partial charge in [-0.25, -0.2) is 9.67 Å². The summed E-state index contributed by atoms with van der Waals surface area (Å²) in [4.78, 5) is 18.2. The van der Waals surface area contributed by atoms with Crippen molar-refractivity contribution in [3.8, 4) is 11.3 Å². The molecule has 2 unspecified atom stereocenters. The van der Waals surface area contributed by atoms with E-state index in [1.165, 1.54) is 0 Å². The summed E-state index contributed by atoms with van der Waals surface area (Å²) in [6, 6.07) is 4.33. The monoisotopic (exact) mass is 395 g/mol. The normalized spacial score (nSPS) is 19.8. The first kappa shape index (κ1) is 19.6. The van der Waals surface area contributed by atoms with Crippen LogP contribution in [-0.4, -0.2) is 39.3 Å². The second-order valence-corrected chi connectivity index (χ2v) is 8.27. The number of fused-ring (bicyclic) bond motifs is 1. The third kappa shape index (κ3) is 3.67. The molecule has 0 aromatic carbocycles. The van der Waals surface area contributed by atoms with E-state index in [-0.39, 0.29) is 24.0 Å². The number of piperidine rings is 1. The van der Waals surface area contributed by atoms with Crippen LogP contribution in [0.5, 0.6) is 0 Å². The number of carbonyl (C=O) groups excluding carboxylic acids is 1. The minimum atomic E-state index is -0.0830. The molecule has 3 aromatic rings. The molecule has 4 rings (SSSR count). The lowest BCUT2D eigenvalue weighted by molar-refractivity contribution is 0.0921. The van der Waals surface area contributed by atoms with Gasteiger partial charge < -0.3 is 15.1 Å². The predicted molar refractivity (Wildman–Crippen MR) is 113 cm³/mol. The number of rotatable bonds is 4. The summed E-state index contributed by atoms with van der Waals surface area (Å²) >= 11 is 0. The molecule has 1 aliphatic rings. The number of carbonyl (C=O) groups is 1. The van der Waals surface area contributed by atoms with Crippen LogP contribution in [0.3, 0.4) is 0 Å². The smallest absolute Gasteiger partial charge is 0.252 e. The van der Waals surface area contributed by atoms with Crippen molar-refractivity contribution in [1.82, 2.24) is 25.4 Å². The van der Waals surface area contributed by atoms with E-state index in [1.54, 1.807) is 6.20 Å². The highest BCUT2D eigenvalue weighted by Gasteiger charge is 2.25. The fraction of sp³-hybridized carbons (Fsp3) is 0.500. The van der Waals surface area contributed by atoms with Gasteiger partial charge in [0.05, 0.1) is 22.8 Å². The first-order valence-electron chi connectivity index (χ1n) is 10.3. The van der Waals surface area contributed by atoms with Gasteiger partial charge in [0.15, 0.2) is 5.65 Å². The fourth-order valence-corrected chi connectivity index (χ4v) is 4.09. The summed E-state index contributed by atoms with van der Waals surface area (Å²) in [5.41, 5.74) is 2.96. The maximum atomic E-state index is 13.3. The highest BCUT2D eigenvalue weighted by Crippen LogP contribution is 2.30. The summed E-state index contributed by atoms with van der Waals surface area (Å²) in [6.45, 7) is 11.1. The van der Waals surface area contributed by atoms with Gasteiger partial charge in [-0.05, 0) is 66.1 Å². The SMILES string of the molecule is Cc1cc(-c2cc(C(=O)NC3CCCNC3C)c3cnn(C(C)C)c3n2)c(C)o1. The summed E-state index contributed by atoms with van der Waals surface area (Å²) in [5.74, 6) is 1.53. The van der Waals surface area contributed by atoms with E-state index in [0.29, 0.717) is 5.56 Å². The molecule has 1 aliphatic heterocycles. The third-order valence-corrected chi connectivity index (χ3v) is 5.70. The molecule has 2 N–H and O–H groups in total. The summed E-state index contributed by atoms with van der Waals surface area (Å²) in [7, 11) is 0. The Balaban J connectivity index is 1.81. The number of aromatic nitrogens is 3. The molecular formula is C22H29N5O2. The van der Waals surface area contributed by atoms with E-state index in [4.69, 9.17) is 9.40 Å². The van der Waals surface area contributed by atoms with Crippen molar-refractivity contribution >= 4 is 16.9 Å². The quantitative estimate of drug-likeness (QED) is 0.703. The lowest BCUT2D eigenvalue weighted by Gasteiger charge is -2.30. The zero-order chi connectivity index (χ0) is 20.7. The van der Waals surface area contributed by atoms with Gasteiger partial charge in [-0.15, -0.1) is 0 Å². The van der Waals surface area contributed by atoms with Crippen molar-refractivity contribution in [2.24, 2.45) is 0 Å². The van der Waals surface area contributed by atoms with Crippen molar-refractivity contribution in [2.75, 3.05) is 6.54 Å². The van der Waals surface area contributed by atoms with Gasteiger partial charge in [-0.3, -0.25) is 4.79 Å². The summed E-state index contributed by atoms with van der Waals surface area (Å²) < 4.78 is 7.57. The molecule has 1 amide bonds. The molecule has 7 nitrogen and oxygen atoms in total. The Kier molecular flexibility index (Phi) is 5.17. The van der Waals surface area contributed by atoms with Crippen LogP contribution in [0.15, 0.2) is 22.7 Å². The zero-order valence-electron chi connectivity index (χ0n) is 17.7. The lowest BCUT2D eigenvalue weighted by Crippen LogP contribution is -2.51. The highest BCUT2D eigenvalue weighted by molar-refractivity contribution is 6.06. The maximum Gasteiger partial charge on any atom is 0.252 e. The molecule has 0 spiro atoms. The first-order chi connectivity index (χ1) is 13.8. The van der Waals surface area contributed by atoms with Crippen LogP contribution in [0.1, 0.15) is 61.5 Å². The minimum Gasteiger partial charge on any atom is -0.466 e. The third-order valence-electron chi connectivity index (χ3n) is 5.70. The Morgan fingerprint density at radius 3 is 2.79 bits per heavy atom. The van der Waals surface area contributed by atoms with Crippen LogP contribution in [0, 0.1) is 13.8 Å². The molecule has 0 saturated carbocycles. The van der Waals surface area contributed by atoms with E-state index >= 15 is 0 Å². The van der Waals surface area contributed by atoms with Gasteiger partial charge in [0.25, 0.3) is 5.91 Å². The molecule has 3 aromatic heterocycles. The second-order valence-electron chi connectivity index (χ2n) is 8.27. The van der Waals surface area contributed by atoms with Gasteiger partial charge in [0, 0.05) is 23.7 Å². The van der Waals surface area contributed by atoms with Gasteiger partial charge >= 0.3 is 0 Å². The number of aryl methyl sites for hydroxylation is 2. The average Bonchev–Trinajstić information content (AvgIpc) is 3.25. The average molecular weight is 396 g/mol. The molecular weight excluding hydrogens is 366 g/mol. The van der Waals surface area contributed by atoms with Gasteiger partial charge in [-0.2, -0.15) is 5.10 Å². The van der Waals surface area contributed by atoms with Crippen molar-refractivity contribution < 1.29 is 9.21 Å². The van der Waals surface area contributed by atoms with Crippen LogP contribution < -0.4 is 10.6 Å². The standard InChI is InChI=1S/C22H29N5O2/c1-12(2)27-21-18(11-24-27)17(22(28)26-19-7-6-8-23-14(19)4)10-20(25-21)16-9-13(3)29-15(16)5/h9-12,14,19,23H,6-8H2,1-5H3,(H,26,28). The fourth-order valence-electron chi connectivity index (χ4n) is 4.09. The molecule has 1 saturated heterocycles. The predicted octanol–water partition coefficient (Wildman–Crippen LogP) is 3.76. The van der Waals surface area contributed by atoms with Crippen LogP contribution in [-0.2, 0) is 0 Å². The number of nitrogens with zero attached hydrogens (tertiary/aromatic N) is 3. The summed E-state index contributed by atoms with van der Waals surface area (Å²) in [6.07, 6.45) is 3.79. The molecule has 4 heterocycles. The van der Waals surface area contributed by atoms with Crippen LogP contribution in [0.2, 0.25) is 0 Å². The number of hydrogen-bond donors (Lipinski definition) is 2.